The number of likely N-dealkylation sites (tertiary alicyclic amines) is 1. The molecule has 3 heteroatoms. The van der Waals surface area contributed by atoms with Gasteiger partial charge in [0.25, 0.3) is 0 Å². The molecule has 2 rings (SSSR count). The van der Waals surface area contributed by atoms with Gasteiger partial charge < -0.3 is 0 Å². The smallest absolute Gasteiger partial charge is 0.0969 e. The second-order valence-electron chi connectivity index (χ2n) is 4.07. The van der Waals surface area contributed by atoms with Gasteiger partial charge in [-0.1, -0.05) is 30.3 Å². The summed E-state index contributed by atoms with van der Waals surface area (Å²) in [6, 6.07) is 10.8. The Labute approximate surface area is 103 Å². The lowest BCUT2D eigenvalue weighted by molar-refractivity contribution is 0.235. The minimum Gasteiger partial charge on any atom is -0.283 e. The van der Waals surface area contributed by atoms with Crippen LogP contribution in [-0.4, -0.2) is 22.7 Å². The molecule has 1 aliphatic heterocycles. The van der Waals surface area contributed by atoms with E-state index in [1.54, 1.807) is 0 Å². The number of hydrogen-bond acceptors (Lipinski definition) is 3. The summed E-state index contributed by atoms with van der Waals surface area (Å²) in [5.41, 5.74) is 1.48. The van der Waals surface area contributed by atoms with Crippen LogP contribution >= 0.6 is 25.3 Å². The van der Waals surface area contributed by atoms with Gasteiger partial charge in [-0.2, -0.15) is 0 Å². The highest BCUT2D eigenvalue weighted by Crippen LogP contribution is 2.29. The van der Waals surface area contributed by atoms with E-state index < -0.39 is 0 Å². The Bertz CT molecular complexity index is 292. The second-order valence-corrected chi connectivity index (χ2v) is 5.45. The molecule has 1 aliphatic rings. The molecule has 1 fully saturated rings. The molecule has 15 heavy (non-hydrogen) atoms. The van der Waals surface area contributed by atoms with E-state index in [1.807, 2.05) is 0 Å². The van der Waals surface area contributed by atoms with Crippen molar-refractivity contribution < 1.29 is 0 Å². The van der Waals surface area contributed by atoms with Gasteiger partial charge in [0.2, 0.25) is 0 Å². The molecule has 1 aromatic rings. The summed E-state index contributed by atoms with van der Waals surface area (Å²) >= 11 is 8.70. The average Bonchev–Trinajstić information content (AvgIpc) is 2.30. The Morgan fingerprint density at radius 2 is 1.67 bits per heavy atom. The van der Waals surface area contributed by atoms with E-state index in [1.165, 1.54) is 18.4 Å². The third kappa shape index (κ3) is 2.92. The highest BCUT2D eigenvalue weighted by atomic mass is 32.2. The van der Waals surface area contributed by atoms with Crippen LogP contribution in [0.5, 0.6) is 0 Å². The second kappa shape index (κ2) is 5.28. The predicted octanol–water partition coefficient (Wildman–Crippen LogP) is 3.01. The first-order chi connectivity index (χ1) is 7.27. The number of rotatable bonds is 2. The quantitative estimate of drug-likeness (QED) is 0.593. The first-order valence-corrected chi connectivity index (χ1v) is 6.46. The van der Waals surface area contributed by atoms with E-state index in [4.69, 9.17) is 0 Å². The fourth-order valence-electron chi connectivity index (χ4n) is 2.19. The third-order valence-electron chi connectivity index (χ3n) is 3.13. The zero-order valence-corrected chi connectivity index (χ0v) is 10.5. The van der Waals surface area contributed by atoms with E-state index in [0.29, 0.717) is 0 Å². The maximum Gasteiger partial charge on any atom is 0.0969 e. The van der Waals surface area contributed by atoms with Crippen molar-refractivity contribution in [2.45, 2.75) is 23.5 Å². The van der Waals surface area contributed by atoms with E-state index in [0.717, 1.165) is 19.0 Å². The summed E-state index contributed by atoms with van der Waals surface area (Å²) in [5, 5.41) is 0. The average molecular weight is 239 g/mol. The number of hydrogen-bond donors (Lipinski definition) is 2. The molecule has 0 amide bonds. The van der Waals surface area contributed by atoms with Gasteiger partial charge >= 0.3 is 0 Å². The molecule has 0 N–H and O–H groups in total. The SMILES string of the molecule is SC(S)N1CCC(c2ccccc2)CC1. The molecule has 0 bridgehead atoms. The molecule has 0 saturated carbocycles. The van der Waals surface area contributed by atoms with Gasteiger partial charge in [-0.3, -0.25) is 4.90 Å². The van der Waals surface area contributed by atoms with E-state index in [9.17, 15) is 0 Å². The van der Waals surface area contributed by atoms with Crippen molar-refractivity contribution >= 4 is 25.3 Å². The first kappa shape index (κ1) is 11.4. The Hall–Kier alpha value is -0.120. The number of nitrogens with zero attached hydrogens (tertiary/aromatic N) is 1. The van der Waals surface area contributed by atoms with Gasteiger partial charge in [0.1, 0.15) is 0 Å². The summed E-state index contributed by atoms with van der Waals surface area (Å²) in [6.45, 7) is 2.22. The molecule has 0 spiro atoms. The molecule has 82 valence electrons. The van der Waals surface area contributed by atoms with Gasteiger partial charge in [-0.15, -0.1) is 25.3 Å². The van der Waals surface area contributed by atoms with Crippen LogP contribution < -0.4 is 0 Å². The summed E-state index contributed by atoms with van der Waals surface area (Å²) < 4.78 is 0.0988. The van der Waals surface area contributed by atoms with Crippen molar-refractivity contribution in [3.8, 4) is 0 Å². The van der Waals surface area contributed by atoms with Crippen molar-refractivity contribution in [2.75, 3.05) is 13.1 Å². The monoisotopic (exact) mass is 239 g/mol. The number of benzene rings is 1. The van der Waals surface area contributed by atoms with Crippen LogP contribution in [-0.2, 0) is 0 Å². The Morgan fingerprint density at radius 3 is 2.20 bits per heavy atom. The molecule has 1 nitrogen and oxygen atoms in total. The molecule has 0 unspecified atom stereocenters. The summed E-state index contributed by atoms with van der Waals surface area (Å²) in [5.74, 6) is 0.725. The highest BCUT2D eigenvalue weighted by Gasteiger charge is 2.22. The number of piperidine rings is 1. The van der Waals surface area contributed by atoms with E-state index >= 15 is 0 Å². The standard InChI is InChI=1S/C12H17NS2/c14-12(15)13-8-6-11(7-9-13)10-4-2-1-3-5-10/h1-5,11-12,14-15H,6-9H2. The normalized spacial score (nSPS) is 19.7. The Balaban J connectivity index is 1.94. The lowest BCUT2D eigenvalue weighted by Crippen LogP contribution is -2.35. The van der Waals surface area contributed by atoms with Gasteiger partial charge in [0, 0.05) is 13.1 Å². The lowest BCUT2D eigenvalue weighted by atomic mass is 9.90. The zero-order valence-electron chi connectivity index (χ0n) is 8.71. The van der Waals surface area contributed by atoms with Crippen LogP contribution in [0.1, 0.15) is 24.3 Å². The van der Waals surface area contributed by atoms with Gasteiger partial charge in [-0.25, -0.2) is 0 Å². The minimum atomic E-state index is 0.0988. The van der Waals surface area contributed by atoms with E-state index in [-0.39, 0.29) is 4.71 Å². The van der Waals surface area contributed by atoms with Crippen molar-refractivity contribution in [2.24, 2.45) is 0 Å². The summed E-state index contributed by atoms with van der Waals surface area (Å²) in [4.78, 5) is 2.31. The summed E-state index contributed by atoms with van der Waals surface area (Å²) in [7, 11) is 0. The molecule has 0 radical (unpaired) electrons. The van der Waals surface area contributed by atoms with Crippen LogP contribution in [0.25, 0.3) is 0 Å². The maximum absolute atomic E-state index is 4.35. The van der Waals surface area contributed by atoms with Crippen LogP contribution in [0, 0.1) is 0 Å². The molecular formula is C12H17NS2. The van der Waals surface area contributed by atoms with Gasteiger partial charge in [-0.05, 0) is 24.3 Å². The van der Waals surface area contributed by atoms with Gasteiger partial charge in [0.15, 0.2) is 0 Å². The van der Waals surface area contributed by atoms with Crippen LogP contribution in [0.3, 0.4) is 0 Å². The largest absolute Gasteiger partial charge is 0.283 e. The van der Waals surface area contributed by atoms with E-state index in [2.05, 4.69) is 60.5 Å². The fourth-order valence-corrected chi connectivity index (χ4v) is 2.65. The first-order valence-electron chi connectivity index (χ1n) is 5.42. The topological polar surface area (TPSA) is 3.24 Å². The Kier molecular flexibility index (Phi) is 4.00. The van der Waals surface area contributed by atoms with Crippen molar-refractivity contribution in [3.05, 3.63) is 35.9 Å². The summed E-state index contributed by atoms with van der Waals surface area (Å²) in [6.07, 6.45) is 2.45. The molecule has 0 aliphatic carbocycles. The Morgan fingerprint density at radius 1 is 1.07 bits per heavy atom. The van der Waals surface area contributed by atoms with Crippen molar-refractivity contribution in [1.82, 2.24) is 4.90 Å². The third-order valence-corrected chi connectivity index (χ3v) is 3.78. The molecule has 1 saturated heterocycles. The van der Waals surface area contributed by atoms with Crippen LogP contribution in [0.15, 0.2) is 30.3 Å². The zero-order chi connectivity index (χ0) is 10.7. The molecule has 1 aromatic carbocycles. The molecular weight excluding hydrogens is 222 g/mol. The molecule has 0 atom stereocenters. The highest BCUT2D eigenvalue weighted by molar-refractivity contribution is 7.99. The number of thiol groups is 2. The van der Waals surface area contributed by atoms with Crippen molar-refractivity contribution in [3.63, 3.8) is 0 Å². The molecule has 0 aromatic heterocycles. The van der Waals surface area contributed by atoms with Crippen molar-refractivity contribution in [1.29, 1.82) is 0 Å². The fraction of sp³-hybridized carbons (Fsp3) is 0.500. The maximum atomic E-state index is 4.35. The van der Waals surface area contributed by atoms with Crippen LogP contribution in [0.2, 0.25) is 0 Å². The van der Waals surface area contributed by atoms with Gasteiger partial charge in [0.05, 0.1) is 4.71 Å². The molecule has 1 heterocycles. The minimum absolute atomic E-state index is 0.0988. The predicted molar refractivity (Wildman–Crippen MR) is 71.8 cm³/mol. The lowest BCUT2D eigenvalue weighted by Gasteiger charge is -2.33. The van der Waals surface area contributed by atoms with Crippen LogP contribution in [0.4, 0.5) is 0 Å².